The summed E-state index contributed by atoms with van der Waals surface area (Å²) in [5.41, 5.74) is 1.35. The number of carboxylic acids is 1. The Hall–Kier alpha value is -2.05. The highest BCUT2D eigenvalue weighted by Gasteiger charge is 2.28. The molecule has 116 valence electrons. The number of benzene rings is 1. The second-order valence-electron chi connectivity index (χ2n) is 4.69. The Morgan fingerprint density at radius 1 is 1.29 bits per heavy atom. The van der Waals surface area contributed by atoms with Gasteiger partial charge >= 0.3 is 12.1 Å². The molecule has 21 heavy (non-hydrogen) atoms. The Labute approximate surface area is 120 Å². The summed E-state index contributed by atoms with van der Waals surface area (Å²) < 4.78 is 36.2. The molecule has 1 aromatic carbocycles. The molecule has 0 unspecified atom stereocenters. The maximum atomic E-state index is 12.1. The molecule has 1 atom stereocenters. The summed E-state index contributed by atoms with van der Waals surface area (Å²) >= 11 is 0. The Morgan fingerprint density at radius 2 is 1.90 bits per heavy atom. The van der Waals surface area contributed by atoms with Crippen LogP contribution in [0.3, 0.4) is 0 Å². The molecule has 0 saturated carbocycles. The van der Waals surface area contributed by atoms with E-state index in [1.807, 2.05) is 0 Å². The van der Waals surface area contributed by atoms with Gasteiger partial charge in [0.15, 0.2) is 0 Å². The quantitative estimate of drug-likeness (QED) is 0.849. The molecule has 0 aliphatic carbocycles. The van der Waals surface area contributed by atoms with Crippen LogP contribution in [0.1, 0.15) is 36.4 Å². The van der Waals surface area contributed by atoms with Crippen molar-refractivity contribution >= 4 is 11.9 Å². The fraction of sp³-hybridized carbons (Fsp3) is 0.429. The predicted molar refractivity (Wildman–Crippen MR) is 69.6 cm³/mol. The summed E-state index contributed by atoms with van der Waals surface area (Å²) in [7, 11) is 0. The van der Waals surface area contributed by atoms with Crippen LogP contribution in [0.5, 0.6) is 0 Å². The highest BCUT2D eigenvalue weighted by molar-refractivity contribution is 5.77. The van der Waals surface area contributed by atoms with E-state index in [1.165, 1.54) is 0 Å². The zero-order valence-electron chi connectivity index (χ0n) is 11.4. The van der Waals surface area contributed by atoms with Gasteiger partial charge in [-0.2, -0.15) is 13.2 Å². The minimum atomic E-state index is -4.41. The van der Waals surface area contributed by atoms with Gasteiger partial charge in [-0.1, -0.05) is 24.3 Å². The molecule has 0 aromatic heterocycles. The van der Waals surface area contributed by atoms with Gasteiger partial charge in [0.05, 0.1) is 18.9 Å². The molecule has 0 spiro atoms. The van der Waals surface area contributed by atoms with E-state index < -0.39 is 36.9 Å². The van der Waals surface area contributed by atoms with E-state index in [9.17, 15) is 22.8 Å². The lowest BCUT2D eigenvalue weighted by Crippen LogP contribution is -2.31. The Morgan fingerprint density at radius 3 is 2.43 bits per heavy atom. The summed E-state index contributed by atoms with van der Waals surface area (Å²) in [6, 6.07) is 5.98. The van der Waals surface area contributed by atoms with E-state index in [2.05, 4.69) is 5.32 Å². The first-order valence-electron chi connectivity index (χ1n) is 6.32. The van der Waals surface area contributed by atoms with Gasteiger partial charge in [-0.3, -0.25) is 9.59 Å². The first-order valence-corrected chi connectivity index (χ1v) is 6.32. The van der Waals surface area contributed by atoms with Crippen molar-refractivity contribution in [3.05, 3.63) is 35.4 Å². The number of hydrogen-bond acceptors (Lipinski definition) is 2. The molecule has 0 aliphatic rings. The van der Waals surface area contributed by atoms with E-state index in [0.29, 0.717) is 5.56 Å². The molecule has 7 heteroatoms. The number of halogens is 3. The number of rotatable bonds is 6. The lowest BCUT2D eigenvalue weighted by atomic mass is 9.98. The number of amides is 1. The molecule has 0 heterocycles. The molecule has 4 nitrogen and oxygen atoms in total. The third kappa shape index (κ3) is 6.29. The second-order valence-corrected chi connectivity index (χ2v) is 4.69. The zero-order chi connectivity index (χ0) is 16.0. The molecule has 2 N–H and O–H groups in total. The van der Waals surface area contributed by atoms with E-state index in [-0.39, 0.29) is 6.42 Å². The number of carbonyl (C=O) groups excluding carboxylic acids is 1. The summed E-state index contributed by atoms with van der Waals surface area (Å²) in [5, 5.41) is 11.2. The van der Waals surface area contributed by atoms with Crippen LogP contribution >= 0.6 is 0 Å². The monoisotopic (exact) mass is 303 g/mol. The fourth-order valence-corrected chi connectivity index (χ4v) is 1.91. The molecular formula is C14H16F3NO3. The van der Waals surface area contributed by atoms with Gasteiger partial charge in [0.25, 0.3) is 0 Å². The van der Waals surface area contributed by atoms with Gasteiger partial charge in [-0.25, -0.2) is 0 Å². The van der Waals surface area contributed by atoms with Crippen LogP contribution in [-0.4, -0.2) is 23.2 Å². The van der Waals surface area contributed by atoms with Gasteiger partial charge < -0.3 is 10.4 Å². The predicted octanol–water partition coefficient (Wildman–Crippen LogP) is 2.97. The molecule has 0 saturated heterocycles. The minimum absolute atomic E-state index is 0.386. The van der Waals surface area contributed by atoms with Crippen molar-refractivity contribution in [1.29, 1.82) is 0 Å². The fourth-order valence-electron chi connectivity index (χ4n) is 1.91. The lowest BCUT2D eigenvalue weighted by molar-refractivity contribution is -0.145. The topological polar surface area (TPSA) is 66.4 Å². The number of carbonyl (C=O) groups is 2. The summed E-state index contributed by atoms with van der Waals surface area (Å²) in [6.45, 7) is 1.74. The molecule has 0 aliphatic heterocycles. The summed E-state index contributed by atoms with van der Waals surface area (Å²) in [4.78, 5) is 22.4. The summed E-state index contributed by atoms with van der Waals surface area (Å²) in [5.74, 6) is -1.96. The van der Waals surface area contributed by atoms with Crippen molar-refractivity contribution in [2.75, 3.05) is 0 Å². The van der Waals surface area contributed by atoms with E-state index in [0.717, 1.165) is 5.56 Å². The molecule has 0 fully saturated rings. The van der Waals surface area contributed by atoms with Crippen molar-refractivity contribution in [1.82, 2.24) is 5.32 Å². The molecule has 0 radical (unpaired) electrons. The number of hydrogen-bond donors (Lipinski definition) is 2. The van der Waals surface area contributed by atoms with Crippen molar-refractivity contribution in [2.45, 2.75) is 38.4 Å². The van der Waals surface area contributed by atoms with Crippen LogP contribution in [0.15, 0.2) is 24.3 Å². The van der Waals surface area contributed by atoms with Gasteiger partial charge in [-0.05, 0) is 18.1 Å². The van der Waals surface area contributed by atoms with Crippen LogP contribution in [0.25, 0.3) is 0 Å². The number of nitrogens with one attached hydrogen (secondary N) is 1. The number of carboxylic acid groups (broad SMARTS) is 1. The first kappa shape index (κ1) is 17.0. The molecule has 1 rings (SSSR count). The van der Waals surface area contributed by atoms with Crippen LogP contribution in [0.4, 0.5) is 13.2 Å². The van der Waals surface area contributed by atoms with Gasteiger partial charge in [0.2, 0.25) is 5.91 Å². The third-order valence-corrected chi connectivity index (χ3v) is 2.91. The van der Waals surface area contributed by atoms with E-state index >= 15 is 0 Å². The average molecular weight is 303 g/mol. The Balaban J connectivity index is 2.78. The van der Waals surface area contributed by atoms with E-state index in [4.69, 9.17) is 5.11 Å². The zero-order valence-corrected chi connectivity index (χ0v) is 11.4. The van der Waals surface area contributed by atoms with Gasteiger partial charge in [0.1, 0.15) is 0 Å². The van der Waals surface area contributed by atoms with Crippen molar-refractivity contribution in [2.24, 2.45) is 0 Å². The maximum Gasteiger partial charge on any atom is 0.389 e. The standard InChI is InChI=1S/C14H16F3NO3/c1-9-4-2-3-5-10(9)11(8-13(20)21)18-12(19)6-7-14(15,16)17/h2-5,11H,6-8H2,1H3,(H,18,19)(H,20,21)/t11-/m0/s1. The largest absolute Gasteiger partial charge is 0.481 e. The normalized spacial score (nSPS) is 12.8. The van der Waals surface area contributed by atoms with Crippen LogP contribution in [-0.2, 0) is 9.59 Å². The molecule has 1 aromatic rings. The second kappa shape index (κ2) is 7.10. The lowest BCUT2D eigenvalue weighted by Gasteiger charge is -2.19. The van der Waals surface area contributed by atoms with Crippen LogP contribution in [0.2, 0.25) is 0 Å². The highest BCUT2D eigenvalue weighted by Crippen LogP contribution is 2.23. The Kier molecular flexibility index (Phi) is 5.75. The third-order valence-electron chi connectivity index (χ3n) is 2.91. The van der Waals surface area contributed by atoms with Crippen LogP contribution < -0.4 is 5.32 Å². The van der Waals surface area contributed by atoms with Gasteiger partial charge in [0, 0.05) is 6.42 Å². The first-order chi connectivity index (χ1) is 9.69. The van der Waals surface area contributed by atoms with Gasteiger partial charge in [-0.15, -0.1) is 0 Å². The highest BCUT2D eigenvalue weighted by atomic mass is 19.4. The Bertz CT molecular complexity index is 514. The number of aryl methyl sites for hydroxylation is 1. The number of aliphatic carboxylic acids is 1. The van der Waals surface area contributed by atoms with Crippen molar-refractivity contribution < 1.29 is 27.9 Å². The van der Waals surface area contributed by atoms with Crippen molar-refractivity contribution in [3.63, 3.8) is 0 Å². The smallest absolute Gasteiger partial charge is 0.389 e. The molecule has 1 amide bonds. The SMILES string of the molecule is Cc1ccccc1[C@H](CC(=O)O)NC(=O)CCC(F)(F)F. The van der Waals surface area contributed by atoms with Crippen LogP contribution in [0, 0.1) is 6.92 Å². The summed E-state index contributed by atoms with van der Waals surface area (Å²) in [6.07, 6.45) is -6.75. The van der Waals surface area contributed by atoms with E-state index in [1.54, 1.807) is 31.2 Å². The average Bonchev–Trinajstić information content (AvgIpc) is 2.35. The molecule has 0 bridgehead atoms. The number of alkyl halides is 3. The van der Waals surface area contributed by atoms with Crippen molar-refractivity contribution in [3.8, 4) is 0 Å². The maximum absolute atomic E-state index is 12.1. The minimum Gasteiger partial charge on any atom is -0.481 e. The molecular weight excluding hydrogens is 287 g/mol.